The third kappa shape index (κ3) is 2.12. The van der Waals surface area contributed by atoms with Gasteiger partial charge in [-0.3, -0.25) is 0 Å². The van der Waals surface area contributed by atoms with Crippen molar-refractivity contribution in [1.82, 2.24) is 0 Å². The molecule has 1 aromatic rings. The predicted molar refractivity (Wildman–Crippen MR) is 68.8 cm³/mol. The molecular weight excluding hydrogens is 196 g/mol. The van der Waals surface area contributed by atoms with Crippen LogP contribution in [-0.4, -0.2) is 8.80 Å². The fraction of sp³-hybridized carbons (Fsp3) is 0.286. The Kier molecular flexibility index (Phi) is 2.66. The molecule has 0 bridgehead atoms. The van der Waals surface area contributed by atoms with Crippen LogP contribution >= 0.6 is 0 Å². The van der Waals surface area contributed by atoms with Gasteiger partial charge < -0.3 is 0 Å². The number of hydrogen-bond acceptors (Lipinski definition) is 0. The van der Waals surface area contributed by atoms with Crippen molar-refractivity contribution in [3.8, 4) is 0 Å². The first kappa shape index (κ1) is 10.4. The van der Waals surface area contributed by atoms with Crippen LogP contribution in [0.2, 0.25) is 0 Å². The van der Waals surface area contributed by atoms with E-state index in [-0.39, 0.29) is 5.41 Å². The minimum absolute atomic E-state index is 0.249. The van der Waals surface area contributed by atoms with Crippen LogP contribution in [0.15, 0.2) is 47.8 Å². The van der Waals surface area contributed by atoms with E-state index in [1.54, 1.807) is 5.19 Å². The van der Waals surface area contributed by atoms with Gasteiger partial charge in [-0.15, -0.1) is 0 Å². The van der Waals surface area contributed by atoms with Crippen molar-refractivity contribution in [3.63, 3.8) is 0 Å². The van der Waals surface area contributed by atoms with Gasteiger partial charge in [-0.05, 0) is 16.2 Å². The van der Waals surface area contributed by atoms with Crippen molar-refractivity contribution in [1.29, 1.82) is 0 Å². The van der Waals surface area contributed by atoms with E-state index in [1.807, 2.05) is 0 Å². The van der Waals surface area contributed by atoms with Crippen LogP contribution < -0.4 is 5.19 Å². The lowest BCUT2D eigenvalue weighted by molar-refractivity contribution is 0.594. The monoisotopic (exact) mass is 213 g/mol. The lowest BCUT2D eigenvalue weighted by Gasteiger charge is -2.24. The minimum atomic E-state index is -0.563. The van der Waals surface area contributed by atoms with Crippen LogP contribution in [0.25, 0.3) is 0 Å². The Morgan fingerprint density at radius 1 is 0.933 bits per heavy atom. The van der Waals surface area contributed by atoms with Crippen LogP contribution in [0.4, 0.5) is 0 Å². The highest BCUT2D eigenvalue weighted by atomic mass is 28.3. The molecule has 0 saturated heterocycles. The van der Waals surface area contributed by atoms with Gasteiger partial charge >= 0.3 is 0 Å². The van der Waals surface area contributed by atoms with E-state index in [1.165, 1.54) is 5.56 Å². The van der Waals surface area contributed by atoms with E-state index in [9.17, 15) is 0 Å². The Bertz CT molecular complexity index is 396. The van der Waals surface area contributed by atoms with Gasteiger partial charge in [-0.2, -0.15) is 0 Å². The highest BCUT2D eigenvalue weighted by Crippen LogP contribution is 2.21. The van der Waals surface area contributed by atoms with Gasteiger partial charge in [0.25, 0.3) is 0 Å². The molecule has 0 amide bonds. The summed E-state index contributed by atoms with van der Waals surface area (Å²) in [5.41, 5.74) is 6.46. The largest absolute Gasteiger partial charge is 0.139 e. The summed E-state index contributed by atoms with van der Waals surface area (Å²) in [6.45, 7) is 6.86. The highest BCUT2D eigenvalue weighted by Gasteiger charge is 2.21. The van der Waals surface area contributed by atoms with Crippen LogP contribution in [0.3, 0.4) is 0 Å². The summed E-state index contributed by atoms with van der Waals surface area (Å²) in [5, 5.41) is 1.54. The summed E-state index contributed by atoms with van der Waals surface area (Å²) in [5.74, 6) is 0. The van der Waals surface area contributed by atoms with Crippen molar-refractivity contribution in [2.75, 3.05) is 0 Å². The maximum Gasteiger partial charge on any atom is 0.139 e. The second-order valence-electron chi connectivity index (χ2n) is 4.97. The standard InChI is InChI=1S/C14H17Si/c1-14(2,3)12-8-4-5-9-13(12)15-10-6-7-11-15/h4-11H,1-3H3. The molecule has 1 aliphatic rings. The quantitative estimate of drug-likeness (QED) is 0.629. The molecule has 2 rings (SSSR count). The Balaban J connectivity index is 2.47. The summed E-state index contributed by atoms with van der Waals surface area (Å²) < 4.78 is 0. The topological polar surface area (TPSA) is 0 Å². The Hall–Kier alpha value is -1.08. The second-order valence-corrected chi connectivity index (χ2v) is 7.09. The molecule has 1 aliphatic heterocycles. The minimum Gasteiger partial charge on any atom is -0.0877 e. The van der Waals surface area contributed by atoms with Crippen LogP contribution in [0.5, 0.6) is 0 Å². The maximum atomic E-state index is 2.36. The molecule has 0 nitrogen and oxygen atoms in total. The lowest BCUT2D eigenvalue weighted by atomic mass is 9.87. The Morgan fingerprint density at radius 2 is 1.53 bits per heavy atom. The summed E-state index contributed by atoms with van der Waals surface area (Å²) in [6, 6.07) is 8.86. The average Bonchev–Trinajstić information content (AvgIpc) is 2.69. The molecule has 0 unspecified atom stereocenters. The summed E-state index contributed by atoms with van der Waals surface area (Å²) in [6.07, 6.45) is 4.35. The summed E-state index contributed by atoms with van der Waals surface area (Å²) >= 11 is 0. The van der Waals surface area contributed by atoms with Crippen LogP contribution in [0.1, 0.15) is 26.3 Å². The first-order chi connectivity index (χ1) is 7.09. The van der Waals surface area contributed by atoms with Gasteiger partial charge in [-0.1, -0.05) is 68.6 Å². The smallest absolute Gasteiger partial charge is 0.0877 e. The average molecular weight is 213 g/mol. The molecule has 0 atom stereocenters. The van der Waals surface area contributed by atoms with E-state index in [0.717, 1.165) is 0 Å². The van der Waals surface area contributed by atoms with Crippen molar-refractivity contribution >= 4 is 14.0 Å². The van der Waals surface area contributed by atoms with Gasteiger partial charge in [-0.25, -0.2) is 0 Å². The Labute approximate surface area is 93.9 Å². The molecule has 77 valence electrons. The molecule has 0 aliphatic carbocycles. The zero-order chi connectivity index (χ0) is 10.9. The maximum absolute atomic E-state index is 2.36. The zero-order valence-corrected chi connectivity index (χ0v) is 10.6. The molecular formula is C14H17Si. The molecule has 1 heteroatoms. The number of rotatable bonds is 1. The molecule has 0 spiro atoms. The van der Waals surface area contributed by atoms with Gasteiger partial charge in [0.05, 0.1) is 0 Å². The SMILES string of the molecule is CC(C)(C)c1ccccc1[Si]1C=CC=C1. The van der Waals surface area contributed by atoms with Crippen molar-refractivity contribution in [2.45, 2.75) is 26.2 Å². The van der Waals surface area contributed by atoms with Crippen molar-refractivity contribution in [2.24, 2.45) is 0 Å². The number of benzene rings is 1. The van der Waals surface area contributed by atoms with Gasteiger partial charge in [0.15, 0.2) is 0 Å². The number of hydrogen-bond donors (Lipinski definition) is 0. The third-order valence-corrected chi connectivity index (χ3v) is 4.87. The molecule has 0 saturated carbocycles. The van der Waals surface area contributed by atoms with E-state index < -0.39 is 8.80 Å². The van der Waals surface area contributed by atoms with Crippen LogP contribution in [-0.2, 0) is 5.41 Å². The van der Waals surface area contributed by atoms with E-state index >= 15 is 0 Å². The molecule has 1 heterocycles. The van der Waals surface area contributed by atoms with E-state index in [0.29, 0.717) is 0 Å². The first-order valence-corrected chi connectivity index (χ1v) is 7.06. The molecule has 0 N–H and O–H groups in total. The molecule has 1 radical (unpaired) electrons. The van der Waals surface area contributed by atoms with Crippen molar-refractivity contribution in [3.05, 3.63) is 53.4 Å². The third-order valence-electron chi connectivity index (χ3n) is 2.71. The van der Waals surface area contributed by atoms with Gasteiger partial charge in [0.1, 0.15) is 8.80 Å². The normalized spacial score (nSPS) is 16.2. The second kappa shape index (κ2) is 3.82. The predicted octanol–water partition coefficient (Wildman–Crippen LogP) is 2.89. The Morgan fingerprint density at radius 3 is 2.13 bits per heavy atom. The first-order valence-electron chi connectivity index (χ1n) is 5.40. The van der Waals surface area contributed by atoms with Crippen LogP contribution in [0, 0.1) is 0 Å². The van der Waals surface area contributed by atoms with Gasteiger partial charge in [0.2, 0.25) is 0 Å². The van der Waals surface area contributed by atoms with Crippen molar-refractivity contribution < 1.29 is 0 Å². The summed E-state index contributed by atoms with van der Waals surface area (Å²) in [4.78, 5) is 0. The molecule has 1 aromatic carbocycles. The highest BCUT2D eigenvalue weighted by molar-refractivity contribution is 6.83. The number of allylic oxidation sites excluding steroid dienone is 2. The van der Waals surface area contributed by atoms with E-state index in [4.69, 9.17) is 0 Å². The fourth-order valence-electron chi connectivity index (χ4n) is 1.94. The zero-order valence-electron chi connectivity index (χ0n) is 9.62. The summed E-state index contributed by atoms with van der Waals surface area (Å²) in [7, 11) is -0.563. The van der Waals surface area contributed by atoms with E-state index in [2.05, 4.69) is 68.6 Å². The lowest BCUT2D eigenvalue weighted by Crippen LogP contribution is -2.33. The molecule has 0 fully saturated rings. The fourth-order valence-corrected chi connectivity index (χ4v) is 4.11. The molecule has 0 aromatic heterocycles. The van der Waals surface area contributed by atoms with Gasteiger partial charge in [0, 0.05) is 0 Å². The molecule has 15 heavy (non-hydrogen) atoms.